The van der Waals surface area contributed by atoms with Gasteiger partial charge in [-0.2, -0.15) is 0 Å². The highest BCUT2D eigenvalue weighted by Crippen LogP contribution is 2.12. The van der Waals surface area contributed by atoms with Gasteiger partial charge < -0.3 is 19.8 Å². The molecule has 2 atom stereocenters. The Morgan fingerprint density at radius 2 is 1.83 bits per heavy atom. The summed E-state index contributed by atoms with van der Waals surface area (Å²) in [4.78, 5) is 27.4. The minimum Gasteiger partial charge on any atom is -0.569 e. The SMILES string of the molecule is CC(C)C[C@@H](C(=O)O)N(C)[N+]([O-])=NOC(C)OC(=O)OC(C)(C)C. The molecule has 0 radical (unpaired) electrons. The Morgan fingerprint density at radius 3 is 2.25 bits per heavy atom. The summed E-state index contributed by atoms with van der Waals surface area (Å²) in [7, 11) is 1.28. The Hall–Kier alpha value is -2.26. The zero-order valence-electron chi connectivity index (χ0n) is 15.2. The molecule has 24 heavy (non-hydrogen) atoms. The number of carboxylic acids is 1. The third-order valence-corrected chi connectivity index (χ3v) is 2.62. The summed E-state index contributed by atoms with van der Waals surface area (Å²) < 4.78 is 9.66. The Balaban J connectivity index is 4.66. The lowest BCUT2D eigenvalue weighted by Gasteiger charge is -2.22. The first-order valence-electron chi connectivity index (χ1n) is 7.52. The van der Waals surface area contributed by atoms with Crippen molar-refractivity contribution in [2.75, 3.05) is 7.05 Å². The van der Waals surface area contributed by atoms with Crippen molar-refractivity contribution in [3.05, 3.63) is 5.21 Å². The van der Waals surface area contributed by atoms with Crippen LogP contribution in [-0.2, 0) is 19.1 Å². The molecule has 0 aromatic carbocycles. The highest BCUT2D eigenvalue weighted by Gasteiger charge is 2.30. The number of ether oxygens (including phenoxy) is 2. The molecule has 0 aliphatic heterocycles. The van der Waals surface area contributed by atoms with E-state index in [4.69, 9.17) is 14.3 Å². The van der Waals surface area contributed by atoms with E-state index < -0.39 is 30.1 Å². The van der Waals surface area contributed by atoms with Gasteiger partial charge in [-0.25, -0.2) is 9.59 Å². The Morgan fingerprint density at radius 1 is 1.29 bits per heavy atom. The number of hydrogen-bond donors (Lipinski definition) is 1. The maximum atomic E-state index is 11.8. The number of carboxylic acid groups (broad SMARTS) is 1. The Labute approximate surface area is 141 Å². The van der Waals surface area contributed by atoms with Crippen molar-refractivity contribution in [1.29, 1.82) is 0 Å². The zero-order valence-corrected chi connectivity index (χ0v) is 15.2. The van der Waals surface area contributed by atoms with Gasteiger partial charge in [0.15, 0.2) is 6.04 Å². The lowest BCUT2D eigenvalue weighted by Crippen LogP contribution is -2.43. The number of hydrogen-bond acceptors (Lipinski definition) is 7. The van der Waals surface area contributed by atoms with Crippen LogP contribution in [0.3, 0.4) is 0 Å². The topological polar surface area (TPSA) is 124 Å². The van der Waals surface area contributed by atoms with Gasteiger partial charge in [-0.3, -0.25) is 4.84 Å². The fourth-order valence-electron chi connectivity index (χ4n) is 1.57. The fourth-order valence-corrected chi connectivity index (χ4v) is 1.57. The predicted molar refractivity (Wildman–Crippen MR) is 82.6 cm³/mol. The van der Waals surface area contributed by atoms with Gasteiger partial charge in [0.05, 0.1) is 12.0 Å². The maximum Gasteiger partial charge on any atom is 0.511 e. The summed E-state index contributed by atoms with van der Waals surface area (Å²) in [6, 6.07) is -1.06. The molecule has 0 aromatic rings. The van der Waals surface area contributed by atoms with Gasteiger partial charge in [0.2, 0.25) is 5.28 Å². The third kappa shape index (κ3) is 9.01. The molecule has 1 N–H and O–H groups in total. The van der Waals surface area contributed by atoms with Crippen molar-refractivity contribution < 1.29 is 34.0 Å². The Bertz CT molecular complexity index is 460. The quantitative estimate of drug-likeness (QED) is 0.233. The molecule has 0 amide bonds. The van der Waals surface area contributed by atoms with Crippen molar-refractivity contribution in [3.8, 4) is 0 Å². The van der Waals surface area contributed by atoms with E-state index >= 15 is 0 Å². The second-order valence-corrected chi connectivity index (χ2v) is 6.65. The van der Waals surface area contributed by atoms with Gasteiger partial charge in [0.25, 0.3) is 6.29 Å². The summed E-state index contributed by atoms with van der Waals surface area (Å²) in [6.45, 7) is 10.0. The highest BCUT2D eigenvalue weighted by atomic mass is 16.8. The lowest BCUT2D eigenvalue weighted by molar-refractivity contribution is -0.712. The third-order valence-electron chi connectivity index (χ3n) is 2.62. The molecular weight excluding hydrogens is 322 g/mol. The van der Waals surface area contributed by atoms with Gasteiger partial charge in [-0.1, -0.05) is 13.8 Å². The van der Waals surface area contributed by atoms with E-state index in [0.717, 1.165) is 5.01 Å². The summed E-state index contributed by atoms with van der Waals surface area (Å²) in [5, 5.41) is 25.0. The van der Waals surface area contributed by atoms with E-state index in [1.807, 2.05) is 13.8 Å². The minimum absolute atomic E-state index is 0.00385. The molecule has 0 fully saturated rings. The van der Waals surface area contributed by atoms with Gasteiger partial charge in [0, 0.05) is 6.92 Å². The standard InChI is InChI=1S/C14H27N3O7/c1-9(2)8-11(12(18)19)16(7)17(21)15-24-10(3)22-13(20)23-14(4,5)6/h9-11H,8H2,1-7H3,(H,18,19)/t10?,11-/m0/s1. The number of likely N-dealkylation sites (N-methyl/N-ethyl adjacent to an activating group) is 1. The highest BCUT2D eigenvalue weighted by molar-refractivity contribution is 5.73. The number of nitrogens with zero attached hydrogens (tertiary/aromatic N) is 3. The summed E-state index contributed by atoms with van der Waals surface area (Å²) >= 11 is 0. The van der Waals surface area contributed by atoms with Crippen LogP contribution < -0.4 is 0 Å². The van der Waals surface area contributed by atoms with Crippen LogP contribution in [0, 0.1) is 11.1 Å². The number of carbonyl (C=O) groups excluding carboxylic acids is 1. The zero-order chi connectivity index (χ0) is 19.1. The van der Waals surface area contributed by atoms with Crippen molar-refractivity contribution >= 4 is 12.1 Å². The molecule has 0 saturated carbocycles. The first kappa shape index (κ1) is 21.7. The first-order valence-corrected chi connectivity index (χ1v) is 7.52. The normalized spacial score (nSPS) is 14.8. The number of carbonyl (C=O) groups is 2. The van der Waals surface area contributed by atoms with E-state index in [1.165, 1.54) is 14.0 Å². The van der Waals surface area contributed by atoms with Crippen LogP contribution in [0.25, 0.3) is 0 Å². The maximum absolute atomic E-state index is 11.8. The fraction of sp³-hybridized carbons (Fsp3) is 0.857. The van der Waals surface area contributed by atoms with E-state index in [1.54, 1.807) is 20.8 Å². The monoisotopic (exact) mass is 349 g/mol. The van der Waals surface area contributed by atoms with Crippen LogP contribution in [0.4, 0.5) is 4.79 Å². The predicted octanol–water partition coefficient (Wildman–Crippen LogP) is 2.52. The molecule has 0 aromatic heterocycles. The molecule has 0 bridgehead atoms. The van der Waals surface area contributed by atoms with Gasteiger partial charge >= 0.3 is 12.1 Å². The molecule has 0 saturated heterocycles. The van der Waals surface area contributed by atoms with Crippen molar-refractivity contribution in [1.82, 2.24) is 5.01 Å². The second-order valence-electron chi connectivity index (χ2n) is 6.65. The van der Waals surface area contributed by atoms with Gasteiger partial charge in [-0.05, 0) is 33.1 Å². The molecule has 0 spiro atoms. The van der Waals surface area contributed by atoms with Crippen LogP contribution in [0.1, 0.15) is 48.0 Å². The number of aliphatic carboxylic acids is 1. The van der Waals surface area contributed by atoms with Gasteiger partial charge in [-0.15, -0.1) is 5.01 Å². The van der Waals surface area contributed by atoms with Crippen molar-refractivity contribution in [3.63, 3.8) is 0 Å². The van der Waals surface area contributed by atoms with Crippen LogP contribution in [0.15, 0.2) is 5.28 Å². The van der Waals surface area contributed by atoms with Crippen LogP contribution in [-0.4, -0.2) is 52.2 Å². The lowest BCUT2D eigenvalue weighted by atomic mass is 10.0. The molecule has 10 nitrogen and oxygen atoms in total. The molecule has 140 valence electrons. The number of hydrazine groups is 1. The average molecular weight is 349 g/mol. The van der Waals surface area contributed by atoms with E-state index in [-0.39, 0.29) is 17.3 Å². The molecule has 0 aliphatic carbocycles. The first-order chi connectivity index (χ1) is 10.8. The second kappa shape index (κ2) is 9.14. The summed E-state index contributed by atoms with van der Waals surface area (Å²) in [6.07, 6.45) is -1.90. The van der Waals surface area contributed by atoms with E-state index in [0.29, 0.717) is 0 Å². The van der Waals surface area contributed by atoms with Gasteiger partial charge in [0.1, 0.15) is 5.60 Å². The molecule has 0 rings (SSSR count). The average Bonchev–Trinajstić information content (AvgIpc) is 2.38. The van der Waals surface area contributed by atoms with Crippen LogP contribution in [0.2, 0.25) is 0 Å². The molecular formula is C14H27N3O7. The summed E-state index contributed by atoms with van der Waals surface area (Å²) in [5.41, 5.74) is -0.732. The van der Waals surface area contributed by atoms with E-state index in [2.05, 4.69) is 5.28 Å². The molecule has 0 heterocycles. The largest absolute Gasteiger partial charge is 0.569 e. The minimum atomic E-state index is -1.18. The van der Waals surface area contributed by atoms with E-state index in [9.17, 15) is 19.9 Å². The smallest absolute Gasteiger partial charge is 0.511 e. The Kier molecular flexibility index (Phi) is 8.28. The number of rotatable bonds is 8. The molecule has 0 aliphatic rings. The molecule has 1 unspecified atom stereocenters. The van der Waals surface area contributed by atoms with Crippen molar-refractivity contribution in [2.45, 2.75) is 65.9 Å². The van der Waals surface area contributed by atoms with Crippen LogP contribution in [0.5, 0.6) is 0 Å². The summed E-state index contributed by atoms with van der Waals surface area (Å²) in [5.74, 6) is -1.09. The van der Waals surface area contributed by atoms with Crippen molar-refractivity contribution in [2.24, 2.45) is 11.2 Å². The molecule has 10 heteroatoms. The van der Waals surface area contributed by atoms with Crippen LogP contribution >= 0.6 is 0 Å².